The first-order chi connectivity index (χ1) is 7.58. The Morgan fingerprint density at radius 2 is 2.31 bits per heavy atom. The molecule has 2 unspecified atom stereocenters. The van der Waals surface area contributed by atoms with Gasteiger partial charge in [0.05, 0.1) is 4.92 Å². The van der Waals surface area contributed by atoms with Crippen molar-refractivity contribution in [3.63, 3.8) is 0 Å². The second-order valence-corrected chi connectivity index (χ2v) is 4.23. The molecule has 5 heteroatoms. The van der Waals surface area contributed by atoms with Crippen molar-refractivity contribution in [1.29, 1.82) is 0 Å². The summed E-state index contributed by atoms with van der Waals surface area (Å²) in [6.45, 7) is 2.46. The fourth-order valence-electron chi connectivity index (χ4n) is 1.72. The second kappa shape index (κ2) is 4.17. The van der Waals surface area contributed by atoms with Crippen LogP contribution in [-0.4, -0.2) is 11.0 Å². The van der Waals surface area contributed by atoms with Gasteiger partial charge in [0.2, 0.25) is 0 Å². The molecule has 1 fully saturated rings. The molecule has 1 aromatic carbocycles. The maximum absolute atomic E-state index is 13.0. The van der Waals surface area contributed by atoms with E-state index in [9.17, 15) is 14.5 Å². The summed E-state index contributed by atoms with van der Waals surface area (Å²) in [7, 11) is 0. The summed E-state index contributed by atoms with van der Waals surface area (Å²) >= 11 is 0. The number of benzene rings is 1. The van der Waals surface area contributed by atoms with E-state index in [0.29, 0.717) is 24.1 Å². The van der Waals surface area contributed by atoms with Gasteiger partial charge in [-0.25, -0.2) is 4.39 Å². The third kappa shape index (κ3) is 2.36. The van der Waals surface area contributed by atoms with Gasteiger partial charge in [0.15, 0.2) is 0 Å². The van der Waals surface area contributed by atoms with Crippen molar-refractivity contribution in [3.8, 4) is 0 Å². The molecular formula is C11H13FN2O2. The number of nitrogens with zero attached hydrogens (tertiary/aromatic N) is 1. The molecule has 1 aromatic rings. The smallest absolute Gasteiger partial charge is 0.274 e. The van der Waals surface area contributed by atoms with Crippen LogP contribution in [0.3, 0.4) is 0 Å². The van der Waals surface area contributed by atoms with E-state index in [2.05, 4.69) is 12.2 Å². The molecule has 2 rings (SSSR count). The highest BCUT2D eigenvalue weighted by Crippen LogP contribution is 2.30. The van der Waals surface area contributed by atoms with E-state index >= 15 is 0 Å². The van der Waals surface area contributed by atoms with Crippen LogP contribution in [0.4, 0.5) is 10.1 Å². The highest BCUT2D eigenvalue weighted by atomic mass is 19.1. The zero-order chi connectivity index (χ0) is 11.7. The number of nitro benzene ring substituents is 1. The lowest BCUT2D eigenvalue weighted by atomic mass is 10.1. The van der Waals surface area contributed by atoms with Crippen molar-refractivity contribution in [3.05, 3.63) is 39.7 Å². The van der Waals surface area contributed by atoms with Gasteiger partial charge in [-0.2, -0.15) is 0 Å². The summed E-state index contributed by atoms with van der Waals surface area (Å²) in [5.74, 6) is 0.180. The van der Waals surface area contributed by atoms with Crippen molar-refractivity contribution < 1.29 is 9.31 Å². The Morgan fingerprint density at radius 3 is 2.88 bits per heavy atom. The van der Waals surface area contributed by atoms with Crippen LogP contribution in [0.15, 0.2) is 18.2 Å². The minimum atomic E-state index is -0.479. The Kier molecular flexibility index (Phi) is 2.87. The van der Waals surface area contributed by atoms with Gasteiger partial charge < -0.3 is 5.32 Å². The zero-order valence-corrected chi connectivity index (χ0v) is 8.94. The number of hydrogen-bond donors (Lipinski definition) is 1. The lowest BCUT2D eigenvalue weighted by Crippen LogP contribution is -2.18. The highest BCUT2D eigenvalue weighted by Gasteiger charge is 2.32. The van der Waals surface area contributed by atoms with E-state index in [0.717, 1.165) is 12.5 Å². The molecule has 86 valence electrons. The van der Waals surface area contributed by atoms with E-state index < -0.39 is 10.7 Å². The maximum Gasteiger partial charge on any atom is 0.274 e. The van der Waals surface area contributed by atoms with Crippen LogP contribution in [0.1, 0.15) is 18.9 Å². The van der Waals surface area contributed by atoms with Crippen molar-refractivity contribution in [2.24, 2.45) is 5.92 Å². The number of rotatable bonds is 4. The molecule has 0 saturated heterocycles. The van der Waals surface area contributed by atoms with Crippen LogP contribution in [0.2, 0.25) is 0 Å². The first-order valence-corrected chi connectivity index (χ1v) is 5.24. The Hall–Kier alpha value is -1.49. The van der Waals surface area contributed by atoms with E-state index in [4.69, 9.17) is 0 Å². The predicted octanol–water partition coefficient (Wildman–Crippen LogP) is 2.23. The quantitative estimate of drug-likeness (QED) is 0.630. The summed E-state index contributed by atoms with van der Waals surface area (Å²) in [6.07, 6.45) is 1.09. The summed E-state index contributed by atoms with van der Waals surface area (Å²) in [5, 5.41) is 13.9. The van der Waals surface area contributed by atoms with Crippen LogP contribution in [0.25, 0.3) is 0 Å². The van der Waals surface area contributed by atoms with Gasteiger partial charge in [0.25, 0.3) is 5.69 Å². The Morgan fingerprint density at radius 1 is 1.62 bits per heavy atom. The predicted molar refractivity (Wildman–Crippen MR) is 57.5 cm³/mol. The summed E-state index contributed by atoms with van der Waals surface area (Å²) in [5.41, 5.74) is 0.381. The van der Waals surface area contributed by atoms with Gasteiger partial charge in [-0.1, -0.05) is 6.92 Å². The largest absolute Gasteiger partial charge is 0.309 e. The van der Waals surface area contributed by atoms with Gasteiger partial charge in [-0.05, 0) is 24.5 Å². The maximum atomic E-state index is 13.0. The van der Waals surface area contributed by atoms with Crippen molar-refractivity contribution in [2.75, 3.05) is 0 Å². The molecule has 1 N–H and O–H groups in total. The summed E-state index contributed by atoms with van der Waals surface area (Å²) < 4.78 is 13.0. The molecule has 2 atom stereocenters. The van der Waals surface area contributed by atoms with Gasteiger partial charge in [-0.15, -0.1) is 0 Å². The monoisotopic (exact) mass is 224 g/mol. The summed E-state index contributed by atoms with van der Waals surface area (Å²) in [6, 6.07) is 3.96. The van der Waals surface area contributed by atoms with Gasteiger partial charge in [-0.3, -0.25) is 10.1 Å². The fraction of sp³-hybridized carbons (Fsp3) is 0.455. The lowest BCUT2D eigenvalue weighted by molar-refractivity contribution is -0.385. The molecule has 0 amide bonds. The van der Waals surface area contributed by atoms with E-state index in [1.165, 1.54) is 12.1 Å². The van der Waals surface area contributed by atoms with Gasteiger partial charge in [0, 0.05) is 24.2 Å². The average Bonchev–Trinajstić information content (AvgIpc) is 2.91. The number of nitrogens with one attached hydrogen (secondary N) is 1. The molecule has 0 bridgehead atoms. The minimum absolute atomic E-state index is 0.0257. The van der Waals surface area contributed by atoms with E-state index in [1.807, 2.05) is 0 Å². The van der Waals surface area contributed by atoms with E-state index in [-0.39, 0.29) is 5.69 Å². The van der Waals surface area contributed by atoms with Crippen molar-refractivity contribution in [2.45, 2.75) is 25.9 Å². The van der Waals surface area contributed by atoms with Crippen molar-refractivity contribution >= 4 is 5.69 Å². The molecular weight excluding hydrogens is 211 g/mol. The Balaban J connectivity index is 2.10. The van der Waals surface area contributed by atoms with Crippen LogP contribution in [-0.2, 0) is 6.54 Å². The molecule has 4 nitrogen and oxygen atoms in total. The van der Waals surface area contributed by atoms with Crippen LogP contribution >= 0.6 is 0 Å². The minimum Gasteiger partial charge on any atom is -0.309 e. The van der Waals surface area contributed by atoms with Crippen LogP contribution in [0, 0.1) is 21.8 Å². The molecule has 0 spiro atoms. The molecule has 0 aromatic heterocycles. The average molecular weight is 224 g/mol. The molecule has 1 aliphatic carbocycles. The molecule has 16 heavy (non-hydrogen) atoms. The highest BCUT2D eigenvalue weighted by molar-refractivity contribution is 5.40. The third-order valence-corrected chi connectivity index (χ3v) is 2.90. The summed E-state index contributed by atoms with van der Waals surface area (Å²) in [4.78, 5) is 10.2. The van der Waals surface area contributed by atoms with Gasteiger partial charge >= 0.3 is 0 Å². The molecule has 0 radical (unpaired) electrons. The number of halogens is 1. The molecule has 0 aliphatic heterocycles. The topological polar surface area (TPSA) is 55.2 Å². The molecule has 1 aliphatic rings. The van der Waals surface area contributed by atoms with Crippen LogP contribution < -0.4 is 5.32 Å². The Bertz CT molecular complexity index is 422. The lowest BCUT2D eigenvalue weighted by Gasteiger charge is -2.04. The SMILES string of the molecule is CC1CC1NCc1cc(F)ccc1[N+](=O)[O-]. The number of hydrogen-bond acceptors (Lipinski definition) is 3. The fourth-order valence-corrected chi connectivity index (χ4v) is 1.72. The Labute approximate surface area is 92.6 Å². The van der Waals surface area contributed by atoms with E-state index in [1.54, 1.807) is 0 Å². The normalized spacial score (nSPS) is 23.1. The standard InChI is InChI=1S/C11H13FN2O2/c1-7-4-10(7)13-6-8-5-9(12)2-3-11(8)14(15)16/h2-3,5,7,10,13H,4,6H2,1H3. The second-order valence-electron chi connectivity index (χ2n) is 4.23. The van der Waals surface area contributed by atoms with Crippen molar-refractivity contribution in [1.82, 2.24) is 5.32 Å². The van der Waals surface area contributed by atoms with Crippen LogP contribution in [0.5, 0.6) is 0 Å². The zero-order valence-electron chi connectivity index (χ0n) is 8.94. The third-order valence-electron chi connectivity index (χ3n) is 2.90. The number of nitro groups is 1. The first kappa shape index (κ1) is 11.0. The van der Waals surface area contributed by atoms with Gasteiger partial charge in [0.1, 0.15) is 5.82 Å². The first-order valence-electron chi connectivity index (χ1n) is 5.24. The molecule has 1 saturated carbocycles. The molecule has 0 heterocycles.